The van der Waals surface area contributed by atoms with E-state index in [4.69, 9.17) is 9.47 Å². The van der Waals surface area contributed by atoms with E-state index in [9.17, 15) is 9.59 Å². The monoisotopic (exact) mass is 280 g/mol. The van der Waals surface area contributed by atoms with Crippen LogP contribution < -0.4 is 0 Å². The number of esters is 2. The highest BCUT2D eigenvalue weighted by molar-refractivity contribution is 5.83. The lowest BCUT2D eigenvalue weighted by atomic mass is 9.83. The van der Waals surface area contributed by atoms with Crippen LogP contribution in [0.4, 0.5) is 0 Å². The predicted molar refractivity (Wildman–Crippen MR) is 74.9 cm³/mol. The second kappa shape index (κ2) is 5.98. The molecule has 0 N–H and O–H groups in total. The van der Waals surface area contributed by atoms with Crippen LogP contribution in [-0.4, -0.2) is 24.1 Å². The van der Waals surface area contributed by atoms with Crippen LogP contribution in [0, 0.1) is 11.3 Å². The molecule has 20 heavy (non-hydrogen) atoms. The van der Waals surface area contributed by atoms with Crippen LogP contribution >= 0.6 is 0 Å². The number of carbonyl (C=O) groups excluding carboxylic acids is 2. The number of hydrogen-bond donors (Lipinski definition) is 0. The zero-order valence-corrected chi connectivity index (χ0v) is 12.6. The van der Waals surface area contributed by atoms with Gasteiger partial charge in [0.05, 0.1) is 6.42 Å². The van der Waals surface area contributed by atoms with Gasteiger partial charge in [-0.1, -0.05) is 33.3 Å². The van der Waals surface area contributed by atoms with Crippen molar-refractivity contribution in [2.24, 2.45) is 11.3 Å². The molecule has 1 fully saturated rings. The van der Waals surface area contributed by atoms with E-state index in [-0.39, 0.29) is 35.5 Å². The van der Waals surface area contributed by atoms with E-state index in [1.807, 2.05) is 6.08 Å². The average molecular weight is 280 g/mol. The summed E-state index contributed by atoms with van der Waals surface area (Å²) in [4.78, 5) is 23.2. The Hall–Kier alpha value is -1.32. The third-order valence-corrected chi connectivity index (χ3v) is 4.42. The van der Waals surface area contributed by atoms with E-state index >= 15 is 0 Å². The fraction of sp³-hybridized carbons (Fsp3) is 0.750. The van der Waals surface area contributed by atoms with Crippen LogP contribution in [0.1, 0.15) is 52.9 Å². The van der Waals surface area contributed by atoms with Gasteiger partial charge in [-0.3, -0.25) is 4.79 Å². The lowest BCUT2D eigenvalue weighted by molar-refractivity contribution is -0.161. The second-order valence-electron chi connectivity index (χ2n) is 6.62. The average Bonchev–Trinajstić information content (AvgIpc) is 2.37. The van der Waals surface area contributed by atoms with Crippen molar-refractivity contribution in [2.75, 3.05) is 0 Å². The smallest absolute Gasteiger partial charge is 0.330 e. The van der Waals surface area contributed by atoms with Gasteiger partial charge >= 0.3 is 11.9 Å². The Balaban J connectivity index is 1.85. The van der Waals surface area contributed by atoms with Crippen molar-refractivity contribution in [2.45, 2.75) is 65.1 Å². The van der Waals surface area contributed by atoms with Crippen molar-refractivity contribution in [1.29, 1.82) is 0 Å². The van der Waals surface area contributed by atoms with E-state index in [0.717, 1.165) is 19.3 Å². The number of hydrogen-bond acceptors (Lipinski definition) is 4. The Bertz CT molecular complexity index is 411. The number of rotatable bonds is 4. The Morgan fingerprint density at radius 3 is 2.90 bits per heavy atom. The minimum absolute atomic E-state index is 0.0195. The molecule has 0 aromatic rings. The van der Waals surface area contributed by atoms with Gasteiger partial charge in [-0.05, 0) is 18.3 Å². The van der Waals surface area contributed by atoms with Gasteiger partial charge in [-0.25, -0.2) is 4.79 Å². The van der Waals surface area contributed by atoms with Crippen LogP contribution in [-0.2, 0) is 19.1 Å². The van der Waals surface area contributed by atoms with Gasteiger partial charge < -0.3 is 9.47 Å². The van der Waals surface area contributed by atoms with Gasteiger partial charge in [0.25, 0.3) is 0 Å². The molecule has 2 rings (SSSR count). The predicted octanol–water partition coefficient (Wildman–Crippen LogP) is 3.01. The standard InChI is InChI=1S/C16H24O4/c1-4-16(2,3)10-15(18)19-12-7-5-11-6-8-14(17)20-13(11)9-12/h6,8,11-13H,4-5,7,9-10H2,1-3H3. The molecule has 1 aliphatic heterocycles. The number of carbonyl (C=O) groups is 2. The minimum Gasteiger partial charge on any atom is -0.462 e. The van der Waals surface area contributed by atoms with Crippen LogP contribution in [0.5, 0.6) is 0 Å². The maximum atomic E-state index is 12.0. The molecule has 3 atom stereocenters. The molecule has 0 radical (unpaired) electrons. The van der Waals surface area contributed by atoms with E-state index in [1.165, 1.54) is 6.08 Å². The van der Waals surface area contributed by atoms with Crippen molar-refractivity contribution in [3.8, 4) is 0 Å². The first kappa shape index (κ1) is 15.1. The van der Waals surface area contributed by atoms with E-state index in [0.29, 0.717) is 12.8 Å². The zero-order chi connectivity index (χ0) is 14.8. The van der Waals surface area contributed by atoms with Gasteiger partial charge in [-0.2, -0.15) is 0 Å². The fourth-order valence-corrected chi connectivity index (χ4v) is 2.71. The Kier molecular flexibility index (Phi) is 4.51. The molecule has 112 valence electrons. The molecule has 0 spiro atoms. The van der Waals surface area contributed by atoms with Gasteiger partial charge in [0, 0.05) is 18.4 Å². The largest absolute Gasteiger partial charge is 0.462 e. The fourth-order valence-electron chi connectivity index (χ4n) is 2.71. The molecule has 1 saturated carbocycles. The van der Waals surface area contributed by atoms with E-state index in [1.54, 1.807) is 0 Å². The van der Waals surface area contributed by atoms with Crippen molar-refractivity contribution >= 4 is 11.9 Å². The molecule has 0 bridgehead atoms. The summed E-state index contributed by atoms with van der Waals surface area (Å²) in [5, 5.41) is 0. The molecule has 0 aromatic heterocycles. The highest BCUT2D eigenvalue weighted by Crippen LogP contribution is 2.33. The van der Waals surface area contributed by atoms with E-state index in [2.05, 4.69) is 20.8 Å². The topological polar surface area (TPSA) is 52.6 Å². The molecule has 4 nitrogen and oxygen atoms in total. The third-order valence-electron chi connectivity index (χ3n) is 4.42. The van der Waals surface area contributed by atoms with Crippen LogP contribution in [0.2, 0.25) is 0 Å². The first-order valence-electron chi connectivity index (χ1n) is 7.48. The summed E-state index contributed by atoms with van der Waals surface area (Å²) < 4.78 is 10.9. The maximum absolute atomic E-state index is 12.0. The third kappa shape index (κ3) is 3.84. The maximum Gasteiger partial charge on any atom is 0.330 e. The molecule has 0 aromatic carbocycles. The van der Waals surface area contributed by atoms with Gasteiger partial charge in [0.2, 0.25) is 0 Å². The van der Waals surface area contributed by atoms with Crippen LogP contribution in [0.15, 0.2) is 12.2 Å². The first-order valence-corrected chi connectivity index (χ1v) is 7.48. The van der Waals surface area contributed by atoms with Gasteiger partial charge in [-0.15, -0.1) is 0 Å². The molecule has 0 amide bonds. The first-order chi connectivity index (χ1) is 9.39. The van der Waals surface area contributed by atoms with Crippen molar-refractivity contribution in [1.82, 2.24) is 0 Å². The summed E-state index contributed by atoms with van der Waals surface area (Å²) in [6.07, 6.45) is 6.94. The molecular formula is C16H24O4. The highest BCUT2D eigenvalue weighted by atomic mass is 16.6. The van der Waals surface area contributed by atoms with Crippen molar-refractivity contribution in [3.63, 3.8) is 0 Å². The van der Waals surface area contributed by atoms with Crippen molar-refractivity contribution in [3.05, 3.63) is 12.2 Å². The molecule has 2 aliphatic rings. The molecular weight excluding hydrogens is 256 g/mol. The summed E-state index contributed by atoms with van der Waals surface area (Å²) in [6.45, 7) is 6.21. The van der Waals surface area contributed by atoms with Crippen molar-refractivity contribution < 1.29 is 19.1 Å². The lowest BCUT2D eigenvalue weighted by Crippen LogP contribution is -2.39. The summed E-state index contributed by atoms with van der Waals surface area (Å²) in [6, 6.07) is 0. The molecule has 1 heterocycles. The molecule has 0 saturated heterocycles. The number of ether oxygens (including phenoxy) is 2. The highest BCUT2D eigenvalue weighted by Gasteiger charge is 2.35. The summed E-state index contributed by atoms with van der Waals surface area (Å²) >= 11 is 0. The quantitative estimate of drug-likeness (QED) is 0.743. The lowest BCUT2D eigenvalue weighted by Gasteiger charge is -2.35. The SMILES string of the molecule is CCC(C)(C)CC(=O)OC1CCC2C=CC(=O)OC2C1. The Labute approximate surface area is 120 Å². The Morgan fingerprint density at radius 2 is 2.20 bits per heavy atom. The molecule has 4 heteroatoms. The summed E-state index contributed by atoms with van der Waals surface area (Å²) in [7, 11) is 0. The second-order valence-corrected chi connectivity index (χ2v) is 6.62. The molecule has 3 unspecified atom stereocenters. The summed E-state index contributed by atoms with van der Waals surface area (Å²) in [5.74, 6) is -0.141. The van der Waals surface area contributed by atoms with Gasteiger partial charge in [0.15, 0.2) is 0 Å². The molecule has 1 aliphatic carbocycles. The van der Waals surface area contributed by atoms with Gasteiger partial charge in [0.1, 0.15) is 12.2 Å². The Morgan fingerprint density at radius 1 is 1.45 bits per heavy atom. The van der Waals surface area contributed by atoms with Crippen LogP contribution in [0.3, 0.4) is 0 Å². The number of fused-ring (bicyclic) bond motifs is 1. The van der Waals surface area contributed by atoms with E-state index < -0.39 is 0 Å². The summed E-state index contributed by atoms with van der Waals surface area (Å²) in [5.41, 5.74) is -0.0195. The zero-order valence-electron chi connectivity index (χ0n) is 12.6. The van der Waals surface area contributed by atoms with Crippen LogP contribution in [0.25, 0.3) is 0 Å². The minimum atomic E-state index is -0.287. The normalized spacial score (nSPS) is 29.6.